The smallest absolute Gasteiger partial charge is 0.282 e. The van der Waals surface area contributed by atoms with Crippen molar-refractivity contribution in [2.75, 3.05) is 14.1 Å². The van der Waals surface area contributed by atoms with Gasteiger partial charge in [-0.15, -0.1) is 0 Å². The molecule has 0 unspecified atom stereocenters. The number of nitro benzene ring substituents is 1. The van der Waals surface area contributed by atoms with E-state index in [9.17, 15) is 14.9 Å². The summed E-state index contributed by atoms with van der Waals surface area (Å²) in [7, 11) is 3.26. The van der Waals surface area contributed by atoms with Crippen molar-refractivity contribution < 1.29 is 9.72 Å². The second-order valence-corrected chi connectivity index (χ2v) is 3.11. The summed E-state index contributed by atoms with van der Waals surface area (Å²) in [4.78, 5) is 21.6. The molecule has 1 N–H and O–H groups in total. The highest BCUT2D eigenvalue weighted by atomic mass is 16.6. The Kier molecular flexibility index (Phi) is 3.35. The van der Waals surface area contributed by atoms with Crippen molar-refractivity contribution in [2.24, 2.45) is 0 Å². The number of para-hydroxylation sites is 1. The maximum absolute atomic E-state index is 11.5. The first kappa shape index (κ1) is 11.1. The number of hydrogen-bond donors (Lipinski definition) is 1. The van der Waals surface area contributed by atoms with Crippen LogP contribution in [0.5, 0.6) is 0 Å². The second kappa shape index (κ2) is 4.52. The Hall–Kier alpha value is -1.95. The predicted octanol–water partition coefficient (Wildman–Crippen LogP) is 0.801. The predicted molar refractivity (Wildman–Crippen MR) is 54.2 cm³/mol. The van der Waals surface area contributed by atoms with Crippen molar-refractivity contribution in [3.63, 3.8) is 0 Å². The van der Waals surface area contributed by atoms with Crippen LogP contribution in [-0.4, -0.2) is 29.9 Å². The van der Waals surface area contributed by atoms with Crippen LogP contribution in [0.15, 0.2) is 24.3 Å². The van der Waals surface area contributed by atoms with Crippen LogP contribution < -0.4 is 5.43 Å². The van der Waals surface area contributed by atoms with E-state index in [0.717, 1.165) is 0 Å². The van der Waals surface area contributed by atoms with E-state index in [1.54, 1.807) is 20.2 Å². The van der Waals surface area contributed by atoms with Gasteiger partial charge < -0.3 is 0 Å². The molecule has 6 heteroatoms. The van der Waals surface area contributed by atoms with Gasteiger partial charge in [-0.25, -0.2) is 5.01 Å². The van der Waals surface area contributed by atoms with E-state index < -0.39 is 10.8 Å². The normalized spacial score (nSPS) is 10.1. The topological polar surface area (TPSA) is 75.5 Å². The summed E-state index contributed by atoms with van der Waals surface area (Å²) in [6.45, 7) is 0. The van der Waals surface area contributed by atoms with Crippen molar-refractivity contribution in [1.82, 2.24) is 10.4 Å². The molecule has 0 radical (unpaired) electrons. The van der Waals surface area contributed by atoms with Crippen molar-refractivity contribution >= 4 is 11.6 Å². The maximum atomic E-state index is 11.5. The van der Waals surface area contributed by atoms with Gasteiger partial charge in [-0.1, -0.05) is 12.1 Å². The van der Waals surface area contributed by atoms with Gasteiger partial charge in [-0.3, -0.25) is 20.3 Å². The lowest BCUT2D eigenvalue weighted by atomic mass is 10.2. The van der Waals surface area contributed by atoms with E-state index in [1.807, 2.05) is 0 Å². The largest absolute Gasteiger partial charge is 0.285 e. The molecule has 0 heterocycles. The van der Waals surface area contributed by atoms with E-state index in [2.05, 4.69) is 5.43 Å². The Bertz CT molecular complexity index is 390. The highest BCUT2D eigenvalue weighted by molar-refractivity contribution is 5.97. The number of benzene rings is 1. The molecule has 1 aromatic rings. The molecule has 6 nitrogen and oxygen atoms in total. The number of nitrogens with zero attached hydrogens (tertiary/aromatic N) is 2. The molecule has 0 aliphatic rings. The number of nitrogens with one attached hydrogen (secondary N) is 1. The third-order valence-corrected chi connectivity index (χ3v) is 1.67. The van der Waals surface area contributed by atoms with Gasteiger partial charge in [0.2, 0.25) is 0 Å². The highest BCUT2D eigenvalue weighted by Gasteiger charge is 2.18. The summed E-state index contributed by atoms with van der Waals surface area (Å²) in [5.41, 5.74) is 2.30. The molecule has 0 bridgehead atoms. The van der Waals surface area contributed by atoms with Crippen LogP contribution in [-0.2, 0) is 0 Å². The van der Waals surface area contributed by atoms with E-state index in [1.165, 1.54) is 23.2 Å². The van der Waals surface area contributed by atoms with Gasteiger partial charge in [-0.05, 0) is 6.07 Å². The second-order valence-electron chi connectivity index (χ2n) is 3.11. The van der Waals surface area contributed by atoms with Crippen LogP contribution in [0.25, 0.3) is 0 Å². The minimum absolute atomic E-state index is 0.0520. The first-order chi connectivity index (χ1) is 7.02. The van der Waals surface area contributed by atoms with Crippen molar-refractivity contribution in [3.05, 3.63) is 39.9 Å². The molecule has 0 aliphatic heterocycles. The van der Waals surface area contributed by atoms with Gasteiger partial charge in [0, 0.05) is 20.2 Å². The number of rotatable bonds is 3. The summed E-state index contributed by atoms with van der Waals surface area (Å²) in [5.74, 6) is -0.493. The van der Waals surface area contributed by atoms with E-state index in [4.69, 9.17) is 0 Å². The van der Waals surface area contributed by atoms with Crippen LogP contribution in [0, 0.1) is 10.1 Å². The lowest BCUT2D eigenvalue weighted by Gasteiger charge is -2.11. The van der Waals surface area contributed by atoms with Crippen LogP contribution in [0.4, 0.5) is 5.69 Å². The van der Waals surface area contributed by atoms with Gasteiger partial charge in [0.05, 0.1) is 4.92 Å². The molecule has 0 saturated carbocycles. The lowest BCUT2D eigenvalue weighted by molar-refractivity contribution is -0.385. The number of hydrazine groups is 1. The van der Waals surface area contributed by atoms with Crippen molar-refractivity contribution in [2.45, 2.75) is 0 Å². The minimum atomic E-state index is -0.579. The van der Waals surface area contributed by atoms with Gasteiger partial charge in [0.25, 0.3) is 11.6 Å². The summed E-state index contributed by atoms with van der Waals surface area (Å²) < 4.78 is 0. The average molecular weight is 209 g/mol. The van der Waals surface area contributed by atoms with Crippen LogP contribution in [0.1, 0.15) is 10.4 Å². The highest BCUT2D eigenvalue weighted by Crippen LogP contribution is 2.17. The third kappa shape index (κ3) is 2.75. The van der Waals surface area contributed by atoms with Gasteiger partial charge >= 0.3 is 0 Å². The van der Waals surface area contributed by atoms with Crippen molar-refractivity contribution in [3.8, 4) is 0 Å². The Morgan fingerprint density at radius 2 is 2.00 bits per heavy atom. The first-order valence-electron chi connectivity index (χ1n) is 4.24. The standard InChI is InChI=1S/C9H11N3O3/c1-11(2)10-9(13)7-5-3-4-6-8(7)12(14)15/h3-6H,1-2H3,(H,10,13). The number of carbonyl (C=O) groups excluding carboxylic acids is 1. The zero-order chi connectivity index (χ0) is 11.4. The molecule has 1 amide bonds. The van der Waals surface area contributed by atoms with E-state index in [-0.39, 0.29) is 11.3 Å². The number of amides is 1. The molecule has 1 rings (SSSR count). The average Bonchev–Trinajstić information content (AvgIpc) is 2.16. The Labute approximate surface area is 86.6 Å². The Morgan fingerprint density at radius 3 is 2.53 bits per heavy atom. The van der Waals surface area contributed by atoms with Crippen molar-refractivity contribution in [1.29, 1.82) is 0 Å². The lowest BCUT2D eigenvalue weighted by Crippen LogP contribution is -2.36. The molecule has 1 aromatic carbocycles. The molecular formula is C9H11N3O3. The fraction of sp³-hybridized carbons (Fsp3) is 0.222. The molecule has 80 valence electrons. The number of hydrogen-bond acceptors (Lipinski definition) is 4. The monoisotopic (exact) mass is 209 g/mol. The quantitative estimate of drug-likeness (QED) is 0.590. The molecule has 15 heavy (non-hydrogen) atoms. The zero-order valence-electron chi connectivity index (χ0n) is 8.43. The maximum Gasteiger partial charge on any atom is 0.282 e. The molecule has 0 aromatic heterocycles. The van der Waals surface area contributed by atoms with Gasteiger partial charge in [-0.2, -0.15) is 0 Å². The number of nitro groups is 1. The summed E-state index contributed by atoms with van der Waals surface area (Å²) in [6, 6.07) is 5.81. The van der Waals surface area contributed by atoms with Gasteiger partial charge in [0.15, 0.2) is 0 Å². The summed E-state index contributed by atoms with van der Waals surface area (Å²) in [5, 5.41) is 12.1. The molecule has 0 aliphatic carbocycles. The third-order valence-electron chi connectivity index (χ3n) is 1.67. The fourth-order valence-electron chi connectivity index (χ4n) is 1.09. The zero-order valence-corrected chi connectivity index (χ0v) is 8.43. The summed E-state index contributed by atoms with van der Waals surface area (Å²) in [6.07, 6.45) is 0. The Morgan fingerprint density at radius 1 is 1.40 bits per heavy atom. The number of carbonyl (C=O) groups is 1. The van der Waals surface area contributed by atoms with Gasteiger partial charge in [0.1, 0.15) is 5.56 Å². The van der Waals surface area contributed by atoms with E-state index >= 15 is 0 Å². The fourth-order valence-corrected chi connectivity index (χ4v) is 1.09. The SMILES string of the molecule is CN(C)NC(=O)c1ccccc1[N+](=O)[O-]. The summed E-state index contributed by atoms with van der Waals surface area (Å²) >= 11 is 0. The van der Waals surface area contributed by atoms with Crippen LogP contribution in [0.2, 0.25) is 0 Å². The molecular weight excluding hydrogens is 198 g/mol. The minimum Gasteiger partial charge on any atom is -0.285 e. The van der Waals surface area contributed by atoms with E-state index in [0.29, 0.717) is 0 Å². The van der Waals surface area contributed by atoms with Crippen LogP contribution in [0.3, 0.4) is 0 Å². The van der Waals surface area contributed by atoms with Crippen LogP contribution >= 0.6 is 0 Å². The Balaban J connectivity index is 3.03. The molecule has 0 fully saturated rings. The molecule has 0 saturated heterocycles. The first-order valence-corrected chi connectivity index (χ1v) is 4.24. The molecule has 0 spiro atoms. The molecule has 0 atom stereocenters.